The Kier molecular flexibility index (Phi) is 2.38. The number of carbonyl (C=O) groups excluding carboxylic acids is 1. The summed E-state index contributed by atoms with van der Waals surface area (Å²) in [5.74, 6) is -1.56. The summed E-state index contributed by atoms with van der Waals surface area (Å²) in [4.78, 5) is 14.3. The van der Waals surface area contributed by atoms with Crippen LogP contribution in [0.3, 0.4) is 0 Å². The van der Waals surface area contributed by atoms with Gasteiger partial charge in [0.15, 0.2) is 5.82 Å². The Morgan fingerprint density at radius 2 is 2.15 bits per heavy atom. The number of hydrogen-bond acceptors (Lipinski definition) is 3. The Bertz CT molecular complexity index is 380. The normalized spacial score (nSPS) is 10.1. The Hall–Kier alpha value is -1.36. The number of anilines is 1. The minimum absolute atomic E-state index is 0.00398. The molecule has 0 unspecified atom stereocenters. The zero-order chi connectivity index (χ0) is 10.2. The molecule has 1 rings (SSSR count). The number of rotatable bonds is 1. The van der Waals surface area contributed by atoms with Crippen molar-refractivity contribution in [3.63, 3.8) is 0 Å². The van der Waals surface area contributed by atoms with Crippen LogP contribution in [0.1, 0.15) is 16.2 Å². The molecule has 0 radical (unpaired) electrons. The Labute approximate surface area is 78.7 Å². The lowest BCUT2D eigenvalue weighted by molar-refractivity contribution is 0.0995. The summed E-state index contributed by atoms with van der Waals surface area (Å²) in [6.07, 6.45) is 0. The summed E-state index contributed by atoms with van der Waals surface area (Å²) in [6.45, 7) is 1.37. The molecular weight excluding hydrogens is 197 g/mol. The van der Waals surface area contributed by atoms with Crippen molar-refractivity contribution in [2.24, 2.45) is 5.73 Å². The number of primary amides is 1. The second-order valence-corrected chi connectivity index (χ2v) is 2.83. The number of aromatic nitrogens is 1. The van der Waals surface area contributed by atoms with Crippen molar-refractivity contribution in [2.75, 3.05) is 5.73 Å². The largest absolute Gasteiger partial charge is 0.395 e. The number of carbonyl (C=O) groups is 1. The Morgan fingerprint density at radius 1 is 1.62 bits per heavy atom. The molecule has 0 atom stereocenters. The van der Waals surface area contributed by atoms with Crippen molar-refractivity contribution < 1.29 is 9.18 Å². The van der Waals surface area contributed by atoms with Crippen molar-refractivity contribution in [1.29, 1.82) is 0 Å². The lowest BCUT2D eigenvalue weighted by atomic mass is 10.2. The predicted octanol–water partition coefficient (Wildman–Crippen LogP) is 0.864. The van der Waals surface area contributed by atoms with Crippen molar-refractivity contribution >= 4 is 23.2 Å². The lowest BCUT2D eigenvalue weighted by Crippen LogP contribution is -2.16. The monoisotopic (exact) mass is 203 g/mol. The molecule has 1 amide bonds. The number of hydrogen-bond donors (Lipinski definition) is 2. The minimum Gasteiger partial charge on any atom is -0.395 e. The highest BCUT2D eigenvalue weighted by Crippen LogP contribution is 2.25. The molecule has 1 aromatic heterocycles. The molecule has 6 heteroatoms. The third-order valence-electron chi connectivity index (χ3n) is 1.51. The van der Waals surface area contributed by atoms with E-state index in [1.54, 1.807) is 0 Å². The molecule has 0 aliphatic heterocycles. The van der Waals surface area contributed by atoms with Gasteiger partial charge in [-0.1, -0.05) is 11.6 Å². The van der Waals surface area contributed by atoms with E-state index in [1.165, 1.54) is 6.92 Å². The average Bonchev–Trinajstić information content (AvgIpc) is 2.07. The van der Waals surface area contributed by atoms with E-state index in [1.807, 2.05) is 0 Å². The van der Waals surface area contributed by atoms with E-state index in [2.05, 4.69) is 4.98 Å². The van der Waals surface area contributed by atoms with Crippen molar-refractivity contribution in [3.05, 3.63) is 22.2 Å². The summed E-state index contributed by atoms with van der Waals surface area (Å²) < 4.78 is 13.0. The van der Waals surface area contributed by atoms with Crippen LogP contribution in [0.2, 0.25) is 5.02 Å². The number of nitrogens with zero attached hydrogens (tertiary/aromatic N) is 1. The maximum Gasteiger partial charge on any atom is 0.268 e. The molecule has 1 heterocycles. The van der Waals surface area contributed by atoms with E-state index < -0.39 is 11.7 Å². The zero-order valence-electron chi connectivity index (χ0n) is 6.77. The van der Waals surface area contributed by atoms with Gasteiger partial charge in [-0.25, -0.2) is 9.37 Å². The van der Waals surface area contributed by atoms with Crippen LogP contribution in [0.4, 0.5) is 10.1 Å². The Morgan fingerprint density at radius 3 is 2.62 bits per heavy atom. The molecule has 0 bridgehead atoms. The summed E-state index contributed by atoms with van der Waals surface area (Å²) in [5, 5.41) is -0.240. The van der Waals surface area contributed by atoms with Crippen molar-refractivity contribution in [3.8, 4) is 0 Å². The number of nitrogen functional groups attached to an aromatic ring is 1. The fourth-order valence-electron chi connectivity index (χ4n) is 0.848. The lowest BCUT2D eigenvalue weighted by Gasteiger charge is -2.05. The van der Waals surface area contributed by atoms with Gasteiger partial charge >= 0.3 is 0 Å². The Balaban J connectivity index is 3.50. The summed E-state index contributed by atoms with van der Waals surface area (Å²) in [7, 11) is 0. The standard InChI is InChI=1S/C7H7ClFN3O/c1-2-4(9)5(10)3(8)6(12-2)7(11)13/h1H3,(H2,10,12)(H2,11,13). The first kappa shape index (κ1) is 9.73. The van der Waals surface area contributed by atoms with Crippen LogP contribution in [0.5, 0.6) is 0 Å². The summed E-state index contributed by atoms with van der Waals surface area (Å²) >= 11 is 5.54. The zero-order valence-corrected chi connectivity index (χ0v) is 7.52. The molecule has 0 spiro atoms. The van der Waals surface area contributed by atoms with Crippen molar-refractivity contribution in [1.82, 2.24) is 4.98 Å². The van der Waals surface area contributed by atoms with Crippen LogP contribution in [0, 0.1) is 12.7 Å². The number of pyridine rings is 1. The van der Waals surface area contributed by atoms with Gasteiger partial charge in [0, 0.05) is 0 Å². The van der Waals surface area contributed by atoms with Crippen LogP contribution in [-0.2, 0) is 0 Å². The first-order valence-electron chi connectivity index (χ1n) is 3.36. The highest BCUT2D eigenvalue weighted by molar-refractivity contribution is 6.35. The topological polar surface area (TPSA) is 82.0 Å². The van der Waals surface area contributed by atoms with Gasteiger partial charge < -0.3 is 11.5 Å². The molecule has 4 nitrogen and oxygen atoms in total. The molecule has 0 aliphatic carbocycles. The number of aryl methyl sites for hydroxylation is 1. The van der Waals surface area contributed by atoms with E-state index in [-0.39, 0.29) is 22.1 Å². The van der Waals surface area contributed by atoms with Gasteiger partial charge in [-0.15, -0.1) is 0 Å². The number of halogens is 2. The SMILES string of the molecule is Cc1nc(C(N)=O)c(Cl)c(N)c1F. The molecule has 0 aliphatic rings. The second kappa shape index (κ2) is 3.18. The van der Waals surface area contributed by atoms with Crippen LogP contribution in [-0.4, -0.2) is 10.9 Å². The van der Waals surface area contributed by atoms with Gasteiger partial charge in [-0.3, -0.25) is 4.79 Å². The molecule has 0 aromatic carbocycles. The van der Waals surface area contributed by atoms with Crippen LogP contribution < -0.4 is 11.5 Å². The molecule has 70 valence electrons. The minimum atomic E-state index is -0.834. The smallest absolute Gasteiger partial charge is 0.268 e. The number of amides is 1. The van der Waals surface area contributed by atoms with Gasteiger partial charge in [0.05, 0.1) is 16.4 Å². The van der Waals surface area contributed by atoms with Crippen molar-refractivity contribution in [2.45, 2.75) is 6.92 Å². The van der Waals surface area contributed by atoms with Gasteiger partial charge in [-0.05, 0) is 6.92 Å². The third-order valence-corrected chi connectivity index (χ3v) is 1.89. The highest BCUT2D eigenvalue weighted by atomic mass is 35.5. The second-order valence-electron chi connectivity index (χ2n) is 2.45. The fourth-order valence-corrected chi connectivity index (χ4v) is 1.07. The first-order valence-corrected chi connectivity index (χ1v) is 3.73. The summed E-state index contributed by atoms with van der Waals surface area (Å²) in [5.41, 5.74) is 9.69. The van der Waals surface area contributed by atoms with Crippen LogP contribution in [0.15, 0.2) is 0 Å². The average molecular weight is 204 g/mol. The quantitative estimate of drug-likeness (QED) is 0.710. The van der Waals surface area contributed by atoms with E-state index in [0.717, 1.165) is 0 Å². The molecule has 1 aromatic rings. The maximum absolute atomic E-state index is 13.0. The highest BCUT2D eigenvalue weighted by Gasteiger charge is 2.17. The predicted molar refractivity (Wildman–Crippen MR) is 46.9 cm³/mol. The molecular formula is C7H7ClFN3O. The molecule has 0 fully saturated rings. The van der Waals surface area contributed by atoms with Gasteiger partial charge in [0.2, 0.25) is 0 Å². The van der Waals surface area contributed by atoms with E-state index in [0.29, 0.717) is 0 Å². The van der Waals surface area contributed by atoms with Gasteiger partial charge in [0.1, 0.15) is 5.69 Å². The molecule has 4 N–H and O–H groups in total. The molecule has 0 saturated heterocycles. The maximum atomic E-state index is 13.0. The molecule has 13 heavy (non-hydrogen) atoms. The van der Waals surface area contributed by atoms with Crippen LogP contribution >= 0.6 is 11.6 Å². The van der Waals surface area contributed by atoms with Gasteiger partial charge in [0.25, 0.3) is 5.91 Å². The van der Waals surface area contributed by atoms with Gasteiger partial charge in [-0.2, -0.15) is 0 Å². The molecule has 0 saturated carbocycles. The van der Waals surface area contributed by atoms with E-state index >= 15 is 0 Å². The van der Waals surface area contributed by atoms with E-state index in [4.69, 9.17) is 23.1 Å². The summed E-state index contributed by atoms with van der Waals surface area (Å²) in [6, 6.07) is 0. The number of nitrogens with two attached hydrogens (primary N) is 2. The third kappa shape index (κ3) is 1.55. The fraction of sp³-hybridized carbons (Fsp3) is 0.143. The van der Waals surface area contributed by atoms with Crippen LogP contribution in [0.25, 0.3) is 0 Å². The van der Waals surface area contributed by atoms with E-state index in [9.17, 15) is 9.18 Å². The first-order chi connectivity index (χ1) is 5.95.